The van der Waals surface area contributed by atoms with E-state index in [0.717, 1.165) is 16.5 Å². The van der Waals surface area contributed by atoms with Crippen molar-refractivity contribution < 1.29 is 9.18 Å². The first-order chi connectivity index (χ1) is 7.31. The van der Waals surface area contributed by atoms with Gasteiger partial charge in [0.2, 0.25) is 6.41 Å². The standard InChI is InChI=1S/C11H11FN2O/c12-9-1-2-11-10(5-9)8(6-14-11)3-4-13-7-15/h1-2,5-7,14H,3-4H2,(H,13,15). The molecule has 1 heterocycles. The summed E-state index contributed by atoms with van der Waals surface area (Å²) in [6.45, 7) is 0.562. The van der Waals surface area contributed by atoms with Crippen LogP contribution in [0.5, 0.6) is 0 Å². The number of nitrogens with one attached hydrogen (secondary N) is 2. The van der Waals surface area contributed by atoms with Crippen LogP contribution in [0, 0.1) is 5.82 Å². The number of aromatic amines is 1. The summed E-state index contributed by atoms with van der Waals surface area (Å²) in [6, 6.07) is 4.63. The predicted molar refractivity (Wildman–Crippen MR) is 56.0 cm³/mol. The van der Waals surface area contributed by atoms with E-state index >= 15 is 0 Å². The molecule has 0 aliphatic rings. The number of hydrogen-bond acceptors (Lipinski definition) is 1. The van der Waals surface area contributed by atoms with E-state index in [1.165, 1.54) is 12.1 Å². The fourth-order valence-electron chi connectivity index (χ4n) is 1.62. The molecule has 0 fully saturated rings. The topological polar surface area (TPSA) is 44.9 Å². The molecule has 15 heavy (non-hydrogen) atoms. The van der Waals surface area contributed by atoms with Crippen molar-refractivity contribution in [3.63, 3.8) is 0 Å². The van der Waals surface area contributed by atoms with Gasteiger partial charge in [-0.05, 0) is 30.2 Å². The van der Waals surface area contributed by atoms with Gasteiger partial charge in [-0.1, -0.05) is 0 Å². The lowest BCUT2D eigenvalue weighted by molar-refractivity contribution is -0.109. The Hall–Kier alpha value is -1.84. The molecule has 0 radical (unpaired) electrons. The highest BCUT2D eigenvalue weighted by molar-refractivity contribution is 5.83. The zero-order valence-corrected chi connectivity index (χ0v) is 8.09. The van der Waals surface area contributed by atoms with Crippen LogP contribution in [0.15, 0.2) is 24.4 Å². The van der Waals surface area contributed by atoms with E-state index in [0.29, 0.717) is 19.4 Å². The predicted octanol–water partition coefficient (Wildman–Crippen LogP) is 1.60. The average molecular weight is 206 g/mol. The molecule has 0 saturated carbocycles. The molecule has 0 aliphatic heterocycles. The normalized spacial score (nSPS) is 10.5. The molecule has 1 aromatic heterocycles. The van der Waals surface area contributed by atoms with Gasteiger partial charge in [0.15, 0.2) is 0 Å². The second-order valence-corrected chi connectivity index (χ2v) is 3.33. The fourth-order valence-corrected chi connectivity index (χ4v) is 1.62. The maximum atomic E-state index is 13.0. The maximum absolute atomic E-state index is 13.0. The van der Waals surface area contributed by atoms with Crippen LogP contribution in [0.2, 0.25) is 0 Å². The summed E-state index contributed by atoms with van der Waals surface area (Å²) in [5.41, 5.74) is 1.93. The summed E-state index contributed by atoms with van der Waals surface area (Å²) in [5, 5.41) is 3.46. The van der Waals surface area contributed by atoms with E-state index in [1.807, 2.05) is 6.20 Å². The van der Waals surface area contributed by atoms with Gasteiger partial charge in [-0.3, -0.25) is 4.79 Å². The van der Waals surface area contributed by atoms with Gasteiger partial charge in [-0.25, -0.2) is 4.39 Å². The number of H-pyrrole nitrogens is 1. The third-order valence-electron chi connectivity index (χ3n) is 2.35. The van der Waals surface area contributed by atoms with Gasteiger partial charge in [0.1, 0.15) is 5.82 Å². The summed E-state index contributed by atoms with van der Waals surface area (Å²) >= 11 is 0. The number of benzene rings is 1. The van der Waals surface area contributed by atoms with Crippen LogP contribution in [-0.4, -0.2) is 17.9 Å². The van der Waals surface area contributed by atoms with E-state index < -0.39 is 0 Å². The van der Waals surface area contributed by atoms with Crippen molar-refractivity contribution in [2.45, 2.75) is 6.42 Å². The van der Waals surface area contributed by atoms with Crippen molar-refractivity contribution in [1.29, 1.82) is 0 Å². The number of rotatable bonds is 4. The highest BCUT2D eigenvalue weighted by atomic mass is 19.1. The zero-order valence-electron chi connectivity index (χ0n) is 8.09. The Morgan fingerprint density at radius 1 is 1.47 bits per heavy atom. The van der Waals surface area contributed by atoms with Crippen molar-refractivity contribution in [3.05, 3.63) is 35.8 Å². The molecular weight excluding hydrogens is 195 g/mol. The molecule has 2 N–H and O–H groups in total. The summed E-state index contributed by atoms with van der Waals surface area (Å²) in [5.74, 6) is -0.244. The van der Waals surface area contributed by atoms with Gasteiger partial charge in [0.05, 0.1) is 0 Å². The van der Waals surface area contributed by atoms with E-state index in [9.17, 15) is 9.18 Å². The van der Waals surface area contributed by atoms with Gasteiger partial charge in [0.25, 0.3) is 0 Å². The average Bonchev–Trinajstić information content (AvgIpc) is 2.62. The molecule has 0 atom stereocenters. The molecule has 0 aliphatic carbocycles. The first-order valence-corrected chi connectivity index (χ1v) is 4.74. The Kier molecular flexibility index (Phi) is 2.67. The minimum atomic E-state index is -0.244. The lowest BCUT2D eigenvalue weighted by atomic mass is 10.1. The summed E-state index contributed by atoms with van der Waals surface area (Å²) in [4.78, 5) is 13.1. The van der Waals surface area contributed by atoms with Crippen LogP contribution in [0.3, 0.4) is 0 Å². The first-order valence-electron chi connectivity index (χ1n) is 4.74. The van der Waals surface area contributed by atoms with Gasteiger partial charge >= 0.3 is 0 Å². The third kappa shape index (κ3) is 1.98. The van der Waals surface area contributed by atoms with E-state index in [-0.39, 0.29) is 5.82 Å². The molecule has 0 unspecified atom stereocenters. The Labute approximate surface area is 86.3 Å². The smallest absolute Gasteiger partial charge is 0.207 e. The third-order valence-corrected chi connectivity index (χ3v) is 2.35. The van der Waals surface area contributed by atoms with Crippen LogP contribution < -0.4 is 5.32 Å². The quantitative estimate of drug-likeness (QED) is 0.579. The summed E-state index contributed by atoms with van der Waals surface area (Å²) < 4.78 is 13.0. The number of carbonyl (C=O) groups is 1. The van der Waals surface area contributed by atoms with Crippen LogP contribution in [0.1, 0.15) is 5.56 Å². The minimum absolute atomic E-state index is 0.244. The summed E-state index contributed by atoms with van der Waals surface area (Å²) in [6.07, 6.45) is 3.20. The highest BCUT2D eigenvalue weighted by Crippen LogP contribution is 2.19. The highest BCUT2D eigenvalue weighted by Gasteiger charge is 2.03. The monoisotopic (exact) mass is 206 g/mol. The van der Waals surface area contributed by atoms with Crippen molar-refractivity contribution in [2.75, 3.05) is 6.54 Å². The first kappa shape index (κ1) is 9.71. The lowest BCUT2D eigenvalue weighted by Crippen LogP contribution is -2.14. The summed E-state index contributed by atoms with van der Waals surface area (Å²) in [7, 11) is 0. The fraction of sp³-hybridized carbons (Fsp3) is 0.182. The second-order valence-electron chi connectivity index (χ2n) is 3.33. The molecule has 2 aromatic rings. The van der Waals surface area contributed by atoms with Crippen LogP contribution in [-0.2, 0) is 11.2 Å². The van der Waals surface area contributed by atoms with Gasteiger partial charge in [-0.2, -0.15) is 0 Å². The van der Waals surface area contributed by atoms with Crippen LogP contribution in [0.4, 0.5) is 4.39 Å². The second kappa shape index (κ2) is 4.13. The number of amides is 1. The molecule has 1 aromatic carbocycles. The molecule has 0 bridgehead atoms. The van der Waals surface area contributed by atoms with Gasteiger partial charge < -0.3 is 10.3 Å². The van der Waals surface area contributed by atoms with E-state index in [2.05, 4.69) is 10.3 Å². The molecule has 4 heteroatoms. The van der Waals surface area contributed by atoms with E-state index in [4.69, 9.17) is 0 Å². The van der Waals surface area contributed by atoms with Crippen molar-refractivity contribution in [3.8, 4) is 0 Å². The SMILES string of the molecule is O=CNCCc1c[nH]c2ccc(F)cc12. The van der Waals surface area contributed by atoms with Crippen LogP contribution >= 0.6 is 0 Å². The lowest BCUT2D eigenvalue weighted by Gasteiger charge is -1.98. The molecular formula is C11H11FN2O. The molecule has 0 saturated heterocycles. The van der Waals surface area contributed by atoms with Crippen molar-refractivity contribution in [1.82, 2.24) is 10.3 Å². The Bertz CT molecular complexity index is 478. The maximum Gasteiger partial charge on any atom is 0.207 e. The largest absolute Gasteiger partial charge is 0.361 e. The molecule has 3 nitrogen and oxygen atoms in total. The minimum Gasteiger partial charge on any atom is -0.361 e. The Morgan fingerprint density at radius 2 is 2.33 bits per heavy atom. The van der Waals surface area contributed by atoms with Crippen LogP contribution in [0.25, 0.3) is 10.9 Å². The number of fused-ring (bicyclic) bond motifs is 1. The zero-order chi connectivity index (χ0) is 10.7. The molecule has 0 spiro atoms. The Balaban J connectivity index is 2.27. The van der Waals surface area contributed by atoms with Gasteiger partial charge in [0, 0.05) is 23.6 Å². The number of aromatic nitrogens is 1. The number of hydrogen-bond donors (Lipinski definition) is 2. The van der Waals surface area contributed by atoms with Gasteiger partial charge in [-0.15, -0.1) is 0 Å². The van der Waals surface area contributed by atoms with Crippen molar-refractivity contribution >= 4 is 17.3 Å². The van der Waals surface area contributed by atoms with E-state index in [1.54, 1.807) is 6.07 Å². The number of halogens is 1. The number of carbonyl (C=O) groups excluding carboxylic acids is 1. The molecule has 78 valence electrons. The van der Waals surface area contributed by atoms with Crippen molar-refractivity contribution in [2.24, 2.45) is 0 Å². The molecule has 2 rings (SSSR count). The Morgan fingerprint density at radius 3 is 3.13 bits per heavy atom. The molecule has 1 amide bonds.